The summed E-state index contributed by atoms with van der Waals surface area (Å²) in [5.74, 6) is 2.78. The van der Waals surface area contributed by atoms with Crippen molar-refractivity contribution in [2.75, 3.05) is 44.8 Å². The average Bonchev–Trinajstić information content (AvgIpc) is 3.26. The number of ether oxygens (including phenoxy) is 2. The number of methoxy groups -OCH3 is 1. The lowest BCUT2D eigenvalue weighted by Crippen LogP contribution is -2.48. The van der Waals surface area contributed by atoms with Crippen molar-refractivity contribution in [3.05, 3.63) is 59.4 Å². The highest BCUT2D eigenvalue weighted by atomic mass is 16.5. The van der Waals surface area contributed by atoms with Crippen LogP contribution in [0.4, 0.5) is 5.69 Å². The number of nitrogens with zero attached hydrogens (tertiary/aromatic N) is 2. The lowest BCUT2D eigenvalue weighted by atomic mass is 9.94. The van der Waals surface area contributed by atoms with Crippen molar-refractivity contribution >= 4 is 28.1 Å². The zero-order chi connectivity index (χ0) is 24.4. The Balaban J connectivity index is 1.33. The fourth-order valence-electron chi connectivity index (χ4n) is 5.20. The number of fused-ring (bicyclic) bond motifs is 3. The number of benzene rings is 2. The number of carbonyl (C=O) groups is 1. The Morgan fingerprint density at radius 3 is 2.51 bits per heavy atom. The molecule has 5 rings (SSSR count). The number of anilines is 1. The fourth-order valence-corrected chi connectivity index (χ4v) is 5.20. The highest BCUT2D eigenvalue weighted by Crippen LogP contribution is 2.38. The van der Waals surface area contributed by atoms with Crippen molar-refractivity contribution in [1.82, 2.24) is 4.90 Å². The van der Waals surface area contributed by atoms with Gasteiger partial charge in [-0.15, -0.1) is 0 Å². The smallest absolute Gasteiger partial charge is 0.246 e. The van der Waals surface area contributed by atoms with Crippen LogP contribution in [0.1, 0.15) is 43.6 Å². The molecule has 0 saturated carbocycles. The van der Waals surface area contributed by atoms with Gasteiger partial charge in [0.25, 0.3) is 0 Å². The number of carbonyl (C=O) groups excluding carboxylic acids is 1. The van der Waals surface area contributed by atoms with Crippen LogP contribution in [-0.2, 0) is 17.6 Å². The number of aryl methyl sites for hydroxylation is 2. The summed E-state index contributed by atoms with van der Waals surface area (Å²) in [4.78, 5) is 17.4. The van der Waals surface area contributed by atoms with E-state index in [1.54, 1.807) is 13.2 Å². The number of hydrogen-bond acceptors (Lipinski definition) is 5. The zero-order valence-electron chi connectivity index (χ0n) is 20.9. The summed E-state index contributed by atoms with van der Waals surface area (Å²) < 4.78 is 17.4. The van der Waals surface area contributed by atoms with E-state index in [0.29, 0.717) is 19.7 Å². The van der Waals surface area contributed by atoms with E-state index in [2.05, 4.69) is 23.1 Å². The topological polar surface area (TPSA) is 55.2 Å². The summed E-state index contributed by atoms with van der Waals surface area (Å²) in [6.45, 7) is 7.55. The van der Waals surface area contributed by atoms with E-state index in [4.69, 9.17) is 13.9 Å². The minimum absolute atomic E-state index is 0.0497. The van der Waals surface area contributed by atoms with Gasteiger partial charge in [0.05, 0.1) is 13.7 Å². The number of allylic oxidation sites excluding steroid dienone is 1. The van der Waals surface area contributed by atoms with Crippen molar-refractivity contribution in [2.24, 2.45) is 0 Å². The zero-order valence-corrected chi connectivity index (χ0v) is 20.9. The summed E-state index contributed by atoms with van der Waals surface area (Å²) in [5.41, 5.74) is 5.26. The van der Waals surface area contributed by atoms with Crippen LogP contribution in [0.3, 0.4) is 0 Å². The lowest BCUT2D eigenvalue weighted by molar-refractivity contribution is -0.126. The molecule has 0 N–H and O–H groups in total. The van der Waals surface area contributed by atoms with E-state index in [-0.39, 0.29) is 5.91 Å². The van der Waals surface area contributed by atoms with Gasteiger partial charge in [0.1, 0.15) is 22.8 Å². The first-order chi connectivity index (χ1) is 17.1. The van der Waals surface area contributed by atoms with Gasteiger partial charge in [-0.1, -0.05) is 0 Å². The third kappa shape index (κ3) is 4.75. The van der Waals surface area contributed by atoms with Gasteiger partial charge < -0.3 is 23.7 Å². The fraction of sp³-hybridized carbons (Fsp3) is 0.414. The molecule has 35 heavy (non-hydrogen) atoms. The molecule has 6 nitrogen and oxygen atoms in total. The molecule has 1 amide bonds. The van der Waals surface area contributed by atoms with Crippen LogP contribution in [0.25, 0.3) is 16.5 Å². The maximum absolute atomic E-state index is 13.2. The van der Waals surface area contributed by atoms with E-state index < -0.39 is 0 Å². The van der Waals surface area contributed by atoms with Crippen LogP contribution >= 0.6 is 0 Å². The second kappa shape index (κ2) is 10.1. The number of furan rings is 1. The summed E-state index contributed by atoms with van der Waals surface area (Å²) in [7, 11) is 1.67. The van der Waals surface area contributed by atoms with Crippen LogP contribution in [0.15, 0.2) is 46.9 Å². The second-order valence-corrected chi connectivity index (χ2v) is 9.33. The lowest BCUT2D eigenvalue weighted by Gasteiger charge is -2.35. The Labute approximate surface area is 207 Å². The molecule has 0 radical (unpaired) electrons. The Bertz CT molecular complexity index is 1230. The summed E-state index contributed by atoms with van der Waals surface area (Å²) in [5, 5.41) is 1.16. The van der Waals surface area contributed by atoms with Gasteiger partial charge >= 0.3 is 0 Å². The minimum Gasteiger partial charge on any atom is -0.497 e. The summed E-state index contributed by atoms with van der Waals surface area (Å²) in [6, 6.07) is 12.3. The molecule has 1 aromatic heterocycles. The van der Waals surface area contributed by atoms with E-state index in [1.807, 2.05) is 36.9 Å². The number of amides is 1. The highest BCUT2D eigenvalue weighted by molar-refractivity contribution is 5.97. The van der Waals surface area contributed by atoms with Crippen LogP contribution in [0.5, 0.6) is 11.5 Å². The molecule has 1 aliphatic carbocycles. The van der Waals surface area contributed by atoms with Crippen molar-refractivity contribution in [1.29, 1.82) is 0 Å². The van der Waals surface area contributed by atoms with Gasteiger partial charge in [0, 0.05) is 66.9 Å². The highest BCUT2D eigenvalue weighted by Gasteiger charge is 2.23. The molecule has 0 atom stereocenters. The first-order valence-corrected chi connectivity index (χ1v) is 12.6. The van der Waals surface area contributed by atoms with Crippen molar-refractivity contribution in [3.8, 4) is 11.5 Å². The molecule has 1 saturated heterocycles. The third-order valence-corrected chi connectivity index (χ3v) is 7.15. The summed E-state index contributed by atoms with van der Waals surface area (Å²) in [6.07, 6.45) is 6.19. The van der Waals surface area contributed by atoms with Crippen LogP contribution in [-0.4, -0.2) is 50.7 Å². The van der Waals surface area contributed by atoms with Gasteiger partial charge in [-0.25, -0.2) is 0 Å². The molecule has 2 heterocycles. The maximum atomic E-state index is 13.2. The molecule has 6 heteroatoms. The SMILES string of the molecule is CCOc1cc2oc3c(c2cc1/C(C)=C/C(=O)N1CCN(c2ccc(OC)cc2)CC1)CCCC3. The van der Waals surface area contributed by atoms with Crippen molar-refractivity contribution in [3.63, 3.8) is 0 Å². The molecular formula is C29H34N2O4. The molecule has 184 valence electrons. The molecule has 1 fully saturated rings. The monoisotopic (exact) mass is 474 g/mol. The number of rotatable bonds is 6. The van der Waals surface area contributed by atoms with Crippen LogP contribution in [0.2, 0.25) is 0 Å². The van der Waals surface area contributed by atoms with Gasteiger partial charge in [-0.05, 0) is 69.0 Å². The van der Waals surface area contributed by atoms with Crippen molar-refractivity contribution in [2.45, 2.75) is 39.5 Å². The normalized spacial score (nSPS) is 16.4. The average molecular weight is 475 g/mol. The third-order valence-electron chi connectivity index (χ3n) is 7.15. The molecule has 0 spiro atoms. The van der Waals surface area contributed by atoms with Gasteiger partial charge in [-0.2, -0.15) is 0 Å². The second-order valence-electron chi connectivity index (χ2n) is 9.33. The largest absolute Gasteiger partial charge is 0.497 e. The predicted molar refractivity (Wildman–Crippen MR) is 139 cm³/mol. The van der Waals surface area contributed by atoms with Crippen LogP contribution in [0, 0.1) is 0 Å². The Morgan fingerprint density at radius 1 is 1.06 bits per heavy atom. The molecular weight excluding hydrogens is 440 g/mol. The summed E-state index contributed by atoms with van der Waals surface area (Å²) >= 11 is 0. The van der Waals surface area contributed by atoms with E-state index in [0.717, 1.165) is 71.0 Å². The first kappa shape index (κ1) is 23.3. The Kier molecular flexibility index (Phi) is 6.71. The minimum atomic E-state index is 0.0497. The number of hydrogen-bond donors (Lipinski definition) is 0. The molecule has 0 unspecified atom stereocenters. The maximum Gasteiger partial charge on any atom is 0.246 e. The first-order valence-electron chi connectivity index (χ1n) is 12.6. The van der Waals surface area contributed by atoms with E-state index in [9.17, 15) is 4.79 Å². The van der Waals surface area contributed by atoms with E-state index >= 15 is 0 Å². The van der Waals surface area contributed by atoms with Gasteiger partial charge in [0.2, 0.25) is 5.91 Å². The van der Waals surface area contributed by atoms with Crippen molar-refractivity contribution < 1.29 is 18.7 Å². The molecule has 1 aliphatic heterocycles. The Hall–Kier alpha value is -3.41. The quantitative estimate of drug-likeness (QED) is 0.444. The molecule has 3 aromatic rings. The van der Waals surface area contributed by atoms with Gasteiger partial charge in [0.15, 0.2) is 0 Å². The van der Waals surface area contributed by atoms with Gasteiger partial charge in [-0.3, -0.25) is 4.79 Å². The van der Waals surface area contributed by atoms with E-state index in [1.165, 1.54) is 18.4 Å². The molecule has 0 bridgehead atoms. The predicted octanol–water partition coefficient (Wildman–Crippen LogP) is 5.47. The Morgan fingerprint density at radius 2 is 1.80 bits per heavy atom. The molecule has 2 aromatic carbocycles. The number of piperazine rings is 1. The standard InChI is InChI=1S/C29H34N2O4/c1-4-34-27-19-28-25(23-7-5-6-8-26(23)35-28)18-24(27)20(2)17-29(32)31-15-13-30(14-16-31)21-9-11-22(33-3)12-10-21/h9-12,17-19H,4-8,13-16H2,1-3H3/b20-17+. The molecule has 2 aliphatic rings. The van der Waals surface area contributed by atoms with Crippen LogP contribution < -0.4 is 14.4 Å².